The van der Waals surface area contributed by atoms with E-state index in [1.165, 1.54) is 0 Å². The number of halogens is 1. The standard InChI is InChI=1S/C18H18ClNO/c1-12-8-9-14(18(2,3)4)17(10-12)21-16-7-5-6-15(19)13(16)11-20/h5-10H,1-4H3. The molecule has 0 unspecified atom stereocenters. The number of nitrogens with zero attached hydrogens (tertiary/aromatic N) is 1. The van der Waals surface area contributed by atoms with Gasteiger partial charge in [0.25, 0.3) is 0 Å². The van der Waals surface area contributed by atoms with Crippen LogP contribution >= 0.6 is 11.6 Å². The zero-order valence-corrected chi connectivity index (χ0v) is 13.5. The number of hydrogen-bond donors (Lipinski definition) is 0. The fourth-order valence-corrected chi connectivity index (χ4v) is 2.36. The van der Waals surface area contributed by atoms with Crippen molar-refractivity contribution < 1.29 is 4.74 Å². The van der Waals surface area contributed by atoms with Gasteiger partial charge in [-0.1, -0.05) is 50.6 Å². The van der Waals surface area contributed by atoms with Crippen molar-refractivity contribution in [2.75, 3.05) is 0 Å². The number of hydrogen-bond acceptors (Lipinski definition) is 2. The first-order valence-electron chi connectivity index (χ1n) is 6.80. The van der Waals surface area contributed by atoms with Crippen LogP contribution in [0.25, 0.3) is 0 Å². The van der Waals surface area contributed by atoms with E-state index in [9.17, 15) is 5.26 Å². The minimum atomic E-state index is -0.0472. The first-order chi connectivity index (χ1) is 9.82. The number of ether oxygens (including phenoxy) is 1. The summed E-state index contributed by atoms with van der Waals surface area (Å²) in [4.78, 5) is 0. The van der Waals surface area contributed by atoms with Crippen LogP contribution in [0.3, 0.4) is 0 Å². The highest BCUT2D eigenvalue weighted by molar-refractivity contribution is 6.31. The molecule has 2 nitrogen and oxygen atoms in total. The van der Waals surface area contributed by atoms with Crippen LogP contribution in [0.1, 0.15) is 37.5 Å². The highest BCUT2D eigenvalue weighted by atomic mass is 35.5. The summed E-state index contributed by atoms with van der Waals surface area (Å²) in [6.45, 7) is 8.41. The monoisotopic (exact) mass is 299 g/mol. The maximum absolute atomic E-state index is 9.25. The molecule has 0 radical (unpaired) electrons. The van der Waals surface area contributed by atoms with Crippen LogP contribution in [0, 0.1) is 18.3 Å². The smallest absolute Gasteiger partial charge is 0.146 e. The predicted octanol–water partition coefficient (Wildman–Crippen LogP) is 5.61. The average Bonchev–Trinajstić information content (AvgIpc) is 2.37. The van der Waals surface area contributed by atoms with Crippen LogP contribution in [0.15, 0.2) is 36.4 Å². The van der Waals surface area contributed by atoms with Gasteiger partial charge < -0.3 is 4.74 Å². The minimum absolute atomic E-state index is 0.0472. The van der Waals surface area contributed by atoms with E-state index in [4.69, 9.17) is 16.3 Å². The van der Waals surface area contributed by atoms with Gasteiger partial charge in [0, 0.05) is 5.56 Å². The molecule has 2 rings (SSSR count). The van der Waals surface area contributed by atoms with E-state index in [0.29, 0.717) is 16.3 Å². The summed E-state index contributed by atoms with van der Waals surface area (Å²) in [7, 11) is 0. The molecule has 0 heterocycles. The van der Waals surface area contributed by atoms with Gasteiger partial charge in [-0.2, -0.15) is 5.26 Å². The zero-order valence-electron chi connectivity index (χ0n) is 12.7. The normalized spacial score (nSPS) is 11.0. The summed E-state index contributed by atoms with van der Waals surface area (Å²) in [6.07, 6.45) is 0. The summed E-state index contributed by atoms with van der Waals surface area (Å²) >= 11 is 6.05. The van der Waals surface area contributed by atoms with Gasteiger partial charge in [0.05, 0.1) is 5.02 Å². The molecule has 0 aliphatic rings. The van der Waals surface area contributed by atoms with E-state index < -0.39 is 0 Å². The van der Waals surface area contributed by atoms with Crippen molar-refractivity contribution in [1.29, 1.82) is 5.26 Å². The zero-order chi connectivity index (χ0) is 15.6. The highest BCUT2D eigenvalue weighted by Crippen LogP contribution is 2.37. The Kier molecular flexibility index (Phi) is 4.25. The molecule has 0 fully saturated rings. The third kappa shape index (κ3) is 3.37. The Labute approximate surface area is 130 Å². The lowest BCUT2D eigenvalue weighted by atomic mass is 9.86. The topological polar surface area (TPSA) is 33.0 Å². The minimum Gasteiger partial charge on any atom is -0.456 e. The third-order valence-electron chi connectivity index (χ3n) is 3.25. The lowest BCUT2D eigenvalue weighted by Crippen LogP contribution is -2.12. The molecule has 0 N–H and O–H groups in total. The van der Waals surface area contributed by atoms with Gasteiger partial charge in [-0.05, 0) is 36.1 Å². The van der Waals surface area contributed by atoms with E-state index in [1.54, 1.807) is 18.2 Å². The van der Waals surface area contributed by atoms with Crippen LogP contribution in [-0.2, 0) is 5.41 Å². The lowest BCUT2D eigenvalue weighted by Gasteiger charge is -2.23. The van der Waals surface area contributed by atoms with Crippen molar-refractivity contribution in [2.24, 2.45) is 0 Å². The lowest BCUT2D eigenvalue weighted by molar-refractivity contribution is 0.454. The van der Waals surface area contributed by atoms with Gasteiger partial charge in [0.15, 0.2) is 0 Å². The Bertz CT molecular complexity index is 708. The van der Waals surface area contributed by atoms with Gasteiger partial charge in [-0.3, -0.25) is 0 Å². The molecule has 0 atom stereocenters. The van der Waals surface area contributed by atoms with Crippen LogP contribution in [0.2, 0.25) is 5.02 Å². The first-order valence-corrected chi connectivity index (χ1v) is 7.18. The van der Waals surface area contributed by atoms with E-state index >= 15 is 0 Å². The van der Waals surface area contributed by atoms with Crippen molar-refractivity contribution in [3.05, 3.63) is 58.1 Å². The Morgan fingerprint density at radius 2 is 1.81 bits per heavy atom. The second kappa shape index (κ2) is 5.79. The van der Waals surface area contributed by atoms with E-state index in [-0.39, 0.29) is 5.41 Å². The maximum Gasteiger partial charge on any atom is 0.146 e. The fourth-order valence-electron chi connectivity index (χ4n) is 2.15. The van der Waals surface area contributed by atoms with E-state index in [0.717, 1.165) is 16.9 Å². The van der Waals surface area contributed by atoms with Crippen LogP contribution in [-0.4, -0.2) is 0 Å². The highest BCUT2D eigenvalue weighted by Gasteiger charge is 2.20. The second-order valence-corrected chi connectivity index (χ2v) is 6.48. The quantitative estimate of drug-likeness (QED) is 0.722. The van der Waals surface area contributed by atoms with Crippen molar-refractivity contribution in [1.82, 2.24) is 0 Å². The molecule has 2 aromatic rings. The molecule has 2 aromatic carbocycles. The molecule has 0 aliphatic heterocycles. The molecular weight excluding hydrogens is 282 g/mol. The van der Waals surface area contributed by atoms with E-state index in [1.807, 2.05) is 13.0 Å². The number of benzene rings is 2. The predicted molar refractivity (Wildman–Crippen MR) is 86.1 cm³/mol. The van der Waals surface area contributed by atoms with Crippen LogP contribution < -0.4 is 4.74 Å². The van der Waals surface area contributed by atoms with Gasteiger partial charge >= 0.3 is 0 Å². The molecule has 21 heavy (non-hydrogen) atoms. The molecule has 0 spiro atoms. The molecule has 0 saturated heterocycles. The summed E-state index contributed by atoms with van der Waals surface area (Å²) < 4.78 is 6.01. The van der Waals surface area contributed by atoms with Gasteiger partial charge in [0.1, 0.15) is 23.1 Å². The molecule has 108 valence electrons. The molecule has 0 saturated carbocycles. The Morgan fingerprint density at radius 3 is 2.43 bits per heavy atom. The Hall–Kier alpha value is -1.98. The number of nitriles is 1. The van der Waals surface area contributed by atoms with Crippen molar-refractivity contribution in [2.45, 2.75) is 33.1 Å². The average molecular weight is 300 g/mol. The van der Waals surface area contributed by atoms with Gasteiger partial charge in [0.2, 0.25) is 0 Å². The number of rotatable bonds is 2. The fraction of sp³-hybridized carbons (Fsp3) is 0.278. The summed E-state index contributed by atoms with van der Waals surface area (Å²) in [6, 6.07) is 13.5. The SMILES string of the molecule is Cc1ccc(C(C)(C)C)c(Oc2cccc(Cl)c2C#N)c1. The van der Waals surface area contributed by atoms with Crippen molar-refractivity contribution in [3.63, 3.8) is 0 Å². The van der Waals surface area contributed by atoms with Gasteiger partial charge in [-0.25, -0.2) is 0 Å². The molecule has 0 aromatic heterocycles. The van der Waals surface area contributed by atoms with Crippen molar-refractivity contribution in [3.8, 4) is 17.6 Å². The molecule has 0 amide bonds. The Morgan fingerprint density at radius 1 is 1.10 bits per heavy atom. The Balaban J connectivity index is 2.53. The number of aryl methyl sites for hydroxylation is 1. The third-order valence-corrected chi connectivity index (χ3v) is 3.57. The summed E-state index contributed by atoms with van der Waals surface area (Å²) in [5.41, 5.74) is 2.52. The first kappa shape index (κ1) is 15.4. The molecule has 3 heteroatoms. The largest absolute Gasteiger partial charge is 0.456 e. The summed E-state index contributed by atoms with van der Waals surface area (Å²) in [5.74, 6) is 1.25. The molecular formula is C18H18ClNO. The van der Waals surface area contributed by atoms with Crippen LogP contribution in [0.5, 0.6) is 11.5 Å². The van der Waals surface area contributed by atoms with Crippen LogP contribution in [0.4, 0.5) is 0 Å². The molecule has 0 aliphatic carbocycles. The van der Waals surface area contributed by atoms with E-state index in [2.05, 4.69) is 39.0 Å². The summed E-state index contributed by atoms with van der Waals surface area (Å²) in [5, 5.41) is 9.65. The second-order valence-electron chi connectivity index (χ2n) is 6.08. The maximum atomic E-state index is 9.25. The van der Waals surface area contributed by atoms with Gasteiger partial charge in [-0.15, -0.1) is 0 Å². The van der Waals surface area contributed by atoms with Crippen molar-refractivity contribution >= 4 is 11.6 Å². The molecule has 0 bridgehead atoms.